The minimum Gasteiger partial charge on any atom is -0.494 e. The number of hydrogen-bond acceptors (Lipinski definition) is 3. The van der Waals surface area contributed by atoms with E-state index >= 15 is 0 Å². The molecule has 0 amide bonds. The molecule has 2 N–H and O–H groups in total. The molecule has 19 heavy (non-hydrogen) atoms. The lowest BCUT2D eigenvalue weighted by Crippen LogP contribution is -2.36. The van der Waals surface area contributed by atoms with Crippen LogP contribution >= 0.6 is 0 Å². The maximum absolute atomic E-state index is 6.15. The molecule has 106 valence electrons. The Bertz CT molecular complexity index is 407. The van der Waals surface area contributed by atoms with Gasteiger partial charge in [-0.1, -0.05) is 12.1 Å². The van der Waals surface area contributed by atoms with Gasteiger partial charge in [0.15, 0.2) is 0 Å². The fraction of sp³-hybridized carbons (Fsp3) is 0.625. The van der Waals surface area contributed by atoms with E-state index in [0.29, 0.717) is 6.61 Å². The van der Waals surface area contributed by atoms with Crippen molar-refractivity contribution in [3.05, 3.63) is 29.8 Å². The fourth-order valence-electron chi connectivity index (χ4n) is 3.02. The van der Waals surface area contributed by atoms with Gasteiger partial charge in [-0.05, 0) is 64.0 Å². The largest absolute Gasteiger partial charge is 0.494 e. The minimum atomic E-state index is 0.123. The second-order valence-electron chi connectivity index (χ2n) is 5.60. The number of nitrogens with zero attached hydrogens (tertiary/aromatic N) is 1. The van der Waals surface area contributed by atoms with Crippen LogP contribution in [0.2, 0.25) is 0 Å². The summed E-state index contributed by atoms with van der Waals surface area (Å²) in [6, 6.07) is 8.51. The molecular weight excluding hydrogens is 236 g/mol. The van der Waals surface area contributed by atoms with E-state index in [1.54, 1.807) is 0 Å². The molecule has 1 atom stereocenters. The van der Waals surface area contributed by atoms with Crippen LogP contribution in [0.3, 0.4) is 0 Å². The van der Waals surface area contributed by atoms with E-state index in [9.17, 15) is 0 Å². The summed E-state index contributed by atoms with van der Waals surface area (Å²) in [6.45, 7) is 5.74. The Morgan fingerprint density at radius 2 is 2.16 bits per heavy atom. The van der Waals surface area contributed by atoms with Gasteiger partial charge >= 0.3 is 0 Å². The zero-order valence-corrected chi connectivity index (χ0v) is 12.2. The maximum atomic E-state index is 6.15. The number of ether oxygens (including phenoxy) is 1. The monoisotopic (exact) mass is 262 g/mol. The van der Waals surface area contributed by atoms with Crippen LogP contribution in [0.1, 0.15) is 31.7 Å². The lowest BCUT2D eigenvalue weighted by Gasteiger charge is -2.32. The third-order valence-electron chi connectivity index (χ3n) is 4.32. The number of benzene rings is 1. The molecule has 1 aliphatic heterocycles. The van der Waals surface area contributed by atoms with Gasteiger partial charge in [-0.15, -0.1) is 0 Å². The second kappa shape index (κ2) is 6.40. The lowest BCUT2D eigenvalue weighted by atomic mass is 9.74. The SMILES string of the molecule is CCOc1cccc(C2(CN)CCCN(C)CC2)c1. The normalized spacial score (nSPS) is 25.0. The summed E-state index contributed by atoms with van der Waals surface area (Å²) in [5, 5.41) is 0. The number of rotatable bonds is 4. The highest BCUT2D eigenvalue weighted by molar-refractivity contribution is 5.34. The van der Waals surface area contributed by atoms with E-state index in [-0.39, 0.29) is 5.41 Å². The highest BCUT2D eigenvalue weighted by Gasteiger charge is 2.32. The molecule has 0 saturated carbocycles. The molecule has 3 heteroatoms. The molecule has 0 spiro atoms. The smallest absolute Gasteiger partial charge is 0.119 e. The van der Waals surface area contributed by atoms with E-state index in [1.807, 2.05) is 13.0 Å². The Labute approximate surface area is 116 Å². The fourth-order valence-corrected chi connectivity index (χ4v) is 3.02. The quantitative estimate of drug-likeness (QED) is 0.905. The van der Waals surface area contributed by atoms with Crippen molar-refractivity contribution in [2.24, 2.45) is 5.73 Å². The summed E-state index contributed by atoms with van der Waals surface area (Å²) in [5.74, 6) is 0.963. The highest BCUT2D eigenvalue weighted by Crippen LogP contribution is 2.35. The maximum Gasteiger partial charge on any atom is 0.119 e. The molecule has 1 heterocycles. The summed E-state index contributed by atoms with van der Waals surface area (Å²) in [5.41, 5.74) is 7.62. The Balaban J connectivity index is 2.26. The van der Waals surface area contributed by atoms with Gasteiger partial charge in [-0.3, -0.25) is 0 Å². The van der Waals surface area contributed by atoms with Crippen molar-refractivity contribution in [1.29, 1.82) is 0 Å². The molecule has 0 radical (unpaired) electrons. The first-order valence-electron chi connectivity index (χ1n) is 7.32. The van der Waals surface area contributed by atoms with Gasteiger partial charge in [0.1, 0.15) is 5.75 Å². The summed E-state index contributed by atoms with van der Waals surface area (Å²) < 4.78 is 5.63. The van der Waals surface area contributed by atoms with Gasteiger partial charge in [0.25, 0.3) is 0 Å². The number of nitrogens with two attached hydrogens (primary N) is 1. The molecule has 2 rings (SSSR count). The second-order valence-corrected chi connectivity index (χ2v) is 5.60. The summed E-state index contributed by atoms with van der Waals surface area (Å²) >= 11 is 0. The van der Waals surface area contributed by atoms with Crippen LogP contribution in [-0.4, -0.2) is 38.2 Å². The molecule has 1 fully saturated rings. The summed E-state index contributed by atoms with van der Waals surface area (Å²) in [6.07, 6.45) is 3.52. The minimum absolute atomic E-state index is 0.123. The van der Waals surface area contributed by atoms with E-state index in [2.05, 4.69) is 30.1 Å². The summed E-state index contributed by atoms with van der Waals surface area (Å²) in [7, 11) is 2.20. The van der Waals surface area contributed by atoms with Gasteiger partial charge in [0.2, 0.25) is 0 Å². The molecule has 0 aliphatic carbocycles. The van der Waals surface area contributed by atoms with Crippen molar-refractivity contribution in [3.8, 4) is 5.75 Å². The van der Waals surface area contributed by atoms with E-state index in [1.165, 1.54) is 24.9 Å². The average Bonchev–Trinajstić information content (AvgIpc) is 2.62. The van der Waals surface area contributed by atoms with Crippen molar-refractivity contribution in [1.82, 2.24) is 4.90 Å². The molecule has 0 aromatic heterocycles. The third-order valence-corrected chi connectivity index (χ3v) is 4.32. The van der Waals surface area contributed by atoms with Crippen LogP contribution in [0.25, 0.3) is 0 Å². The molecule has 1 unspecified atom stereocenters. The standard InChI is InChI=1S/C16H26N2O/c1-3-19-15-7-4-6-14(12-15)16(13-17)8-5-10-18(2)11-9-16/h4,6-7,12H,3,5,8-11,13,17H2,1-2H3. The predicted octanol–water partition coefficient (Wildman–Crippen LogP) is 2.40. The topological polar surface area (TPSA) is 38.5 Å². The molecule has 1 aliphatic rings. The molecule has 3 nitrogen and oxygen atoms in total. The first-order chi connectivity index (χ1) is 9.20. The molecule has 1 aromatic carbocycles. The van der Waals surface area contributed by atoms with Gasteiger partial charge in [-0.2, -0.15) is 0 Å². The molecule has 1 aromatic rings. The van der Waals surface area contributed by atoms with Crippen LogP contribution in [0.5, 0.6) is 5.75 Å². The number of hydrogen-bond donors (Lipinski definition) is 1. The van der Waals surface area contributed by atoms with Gasteiger partial charge in [0, 0.05) is 12.0 Å². The lowest BCUT2D eigenvalue weighted by molar-refractivity contribution is 0.324. The van der Waals surface area contributed by atoms with Gasteiger partial charge in [0.05, 0.1) is 6.61 Å². The Morgan fingerprint density at radius 1 is 1.32 bits per heavy atom. The Morgan fingerprint density at radius 3 is 2.89 bits per heavy atom. The van der Waals surface area contributed by atoms with Crippen molar-refractivity contribution in [3.63, 3.8) is 0 Å². The Hall–Kier alpha value is -1.06. The highest BCUT2D eigenvalue weighted by atomic mass is 16.5. The Kier molecular flexibility index (Phi) is 4.83. The first kappa shape index (κ1) is 14.4. The zero-order chi connectivity index (χ0) is 13.7. The molecule has 1 saturated heterocycles. The van der Waals surface area contributed by atoms with Crippen LogP contribution in [0.4, 0.5) is 0 Å². The average molecular weight is 262 g/mol. The van der Waals surface area contributed by atoms with Gasteiger partial charge < -0.3 is 15.4 Å². The first-order valence-corrected chi connectivity index (χ1v) is 7.32. The van der Waals surface area contributed by atoms with Gasteiger partial charge in [-0.25, -0.2) is 0 Å². The van der Waals surface area contributed by atoms with Crippen molar-refractivity contribution in [2.75, 3.05) is 33.3 Å². The van der Waals surface area contributed by atoms with Crippen LogP contribution in [-0.2, 0) is 5.41 Å². The van der Waals surface area contributed by atoms with Crippen molar-refractivity contribution >= 4 is 0 Å². The third kappa shape index (κ3) is 3.28. The van der Waals surface area contributed by atoms with Crippen LogP contribution < -0.4 is 10.5 Å². The van der Waals surface area contributed by atoms with E-state index in [4.69, 9.17) is 10.5 Å². The van der Waals surface area contributed by atoms with Crippen LogP contribution in [0, 0.1) is 0 Å². The van der Waals surface area contributed by atoms with Crippen LogP contribution in [0.15, 0.2) is 24.3 Å². The zero-order valence-electron chi connectivity index (χ0n) is 12.2. The van der Waals surface area contributed by atoms with E-state index < -0.39 is 0 Å². The summed E-state index contributed by atoms with van der Waals surface area (Å²) in [4.78, 5) is 2.41. The van der Waals surface area contributed by atoms with E-state index in [0.717, 1.165) is 25.3 Å². The van der Waals surface area contributed by atoms with Crippen molar-refractivity contribution < 1.29 is 4.74 Å². The van der Waals surface area contributed by atoms with Crippen molar-refractivity contribution in [2.45, 2.75) is 31.6 Å². The number of likely N-dealkylation sites (tertiary alicyclic amines) is 1. The molecule has 0 bridgehead atoms. The molecular formula is C16H26N2O. The predicted molar refractivity (Wildman–Crippen MR) is 79.7 cm³/mol.